The fourth-order valence-electron chi connectivity index (χ4n) is 5.06. The highest BCUT2D eigenvalue weighted by Crippen LogP contribution is 2.26. The number of hydrogen-bond acceptors (Lipinski definition) is 5. The van der Waals surface area contributed by atoms with Crippen LogP contribution in [0.15, 0.2) is 42.5 Å². The molecule has 3 N–H and O–H groups in total. The minimum absolute atomic E-state index is 0.111. The summed E-state index contributed by atoms with van der Waals surface area (Å²) in [7, 11) is 0. The third kappa shape index (κ3) is 12.6. The van der Waals surface area contributed by atoms with Gasteiger partial charge in [-0.05, 0) is 81.8 Å². The van der Waals surface area contributed by atoms with Gasteiger partial charge < -0.3 is 25.4 Å². The highest BCUT2D eigenvalue weighted by Gasteiger charge is 2.36. The van der Waals surface area contributed by atoms with Crippen LogP contribution in [0.4, 0.5) is 4.79 Å². The van der Waals surface area contributed by atoms with Gasteiger partial charge in [0.15, 0.2) is 0 Å². The van der Waals surface area contributed by atoms with Crippen LogP contribution in [0, 0.1) is 13.8 Å². The molecule has 0 aromatic heterocycles. The van der Waals surface area contributed by atoms with Crippen LogP contribution in [0.1, 0.15) is 114 Å². The molecule has 0 aliphatic rings. The minimum atomic E-state index is -0.994. The maximum absolute atomic E-state index is 14.6. The topological polar surface area (TPSA) is 108 Å². The average Bonchev–Trinajstić information content (AvgIpc) is 2.95. The summed E-state index contributed by atoms with van der Waals surface area (Å²) in [6.45, 7) is 14.5. The lowest BCUT2D eigenvalue weighted by molar-refractivity contribution is -0.142. The molecule has 0 fully saturated rings. The molecule has 8 nitrogen and oxygen atoms in total. The Morgan fingerprint density at radius 2 is 1.50 bits per heavy atom. The molecule has 0 aliphatic carbocycles. The van der Waals surface area contributed by atoms with Crippen LogP contribution >= 0.6 is 0 Å². The van der Waals surface area contributed by atoms with Crippen LogP contribution < -0.4 is 10.6 Å². The highest BCUT2D eigenvalue weighted by molar-refractivity contribution is 5.92. The van der Waals surface area contributed by atoms with E-state index in [1.54, 1.807) is 49.9 Å². The molecular formula is C36H55N3O5. The van der Waals surface area contributed by atoms with Gasteiger partial charge in [0.2, 0.25) is 11.8 Å². The summed E-state index contributed by atoms with van der Waals surface area (Å²) in [5.41, 5.74) is 2.88. The van der Waals surface area contributed by atoms with Crippen LogP contribution in [0.3, 0.4) is 0 Å². The van der Waals surface area contributed by atoms with E-state index in [0.717, 1.165) is 73.6 Å². The van der Waals surface area contributed by atoms with E-state index < -0.39 is 23.8 Å². The zero-order valence-electron chi connectivity index (χ0n) is 28.0. The van der Waals surface area contributed by atoms with E-state index >= 15 is 0 Å². The third-order valence-corrected chi connectivity index (χ3v) is 7.64. The van der Waals surface area contributed by atoms with Gasteiger partial charge in [0, 0.05) is 19.5 Å². The first-order valence-electron chi connectivity index (χ1n) is 16.3. The molecule has 2 aromatic carbocycles. The van der Waals surface area contributed by atoms with Gasteiger partial charge in [-0.2, -0.15) is 0 Å². The summed E-state index contributed by atoms with van der Waals surface area (Å²) in [4.78, 5) is 43.2. The number of carbonyl (C=O) groups is 3. The van der Waals surface area contributed by atoms with Crippen molar-refractivity contribution in [1.82, 2.24) is 15.5 Å². The number of amides is 3. The Morgan fingerprint density at radius 1 is 0.864 bits per heavy atom. The smallest absolute Gasteiger partial charge is 0.408 e. The Kier molecular flexibility index (Phi) is 15.2. The van der Waals surface area contributed by atoms with Crippen molar-refractivity contribution in [3.05, 3.63) is 64.7 Å². The number of aromatic hydroxyl groups is 1. The van der Waals surface area contributed by atoms with Crippen LogP contribution in [0.2, 0.25) is 0 Å². The molecule has 8 heteroatoms. The number of phenols is 1. The molecule has 2 unspecified atom stereocenters. The van der Waals surface area contributed by atoms with Gasteiger partial charge in [0.25, 0.3) is 0 Å². The summed E-state index contributed by atoms with van der Waals surface area (Å²) in [5.74, 6) is -0.474. The Labute approximate surface area is 264 Å². The summed E-state index contributed by atoms with van der Waals surface area (Å²) >= 11 is 0. The molecule has 0 spiro atoms. The van der Waals surface area contributed by atoms with E-state index in [0.29, 0.717) is 13.1 Å². The zero-order valence-corrected chi connectivity index (χ0v) is 28.0. The van der Waals surface area contributed by atoms with E-state index in [1.165, 1.54) is 0 Å². The number of unbranched alkanes of at least 4 members (excludes halogenated alkanes) is 6. The fraction of sp³-hybridized carbons (Fsp3) is 0.583. The molecular weight excluding hydrogens is 554 g/mol. The summed E-state index contributed by atoms with van der Waals surface area (Å²) in [5, 5.41) is 15.7. The third-order valence-electron chi connectivity index (χ3n) is 7.64. The minimum Gasteiger partial charge on any atom is -0.508 e. The van der Waals surface area contributed by atoms with E-state index in [-0.39, 0.29) is 24.0 Å². The molecule has 0 heterocycles. The number of nitrogens with zero attached hydrogens (tertiary/aromatic N) is 1. The highest BCUT2D eigenvalue weighted by atomic mass is 16.6. The van der Waals surface area contributed by atoms with Gasteiger partial charge in [-0.25, -0.2) is 4.79 Å². The molecule has 0 aliphatic heterocycles. The Balaban J connectivity index is 2.55. The normalized spacial score (nSPS) is 12.7. The molecule has 0 radical (unpaired) electrons. The predicted octanol–water partition coefficient (Wildman–Crippen LogP) is 7.29. The lowest BCUT2D eigenvalue weighted by atomic mass is 9.97. The number of aryl methyl sites for hydroxylation is 2. The Hall–Kier alpha value is -3.55. The van der Waals surface area contributed by atoms with Gasteiger partial charge in [0.1, 0.15) is 23.4 Å². The Morgan fingerprint density at radius 3 is 2.11 bits per heavy atom. The van der Waals surface area contributed by atoms with Gasteiger partial charge in [0.05, 0.1) is 0 Å². The average molecular weight is 610 g/mol. The number of phenolic OH excluding ortho intramolecular Hbond substituents is 1. The maximum Gasteiger partial charge on any atom is 0.408 e. The number of ether oxygens (including phenoxy) is 1. The van der Waals surface area contributed by atoms with E-state index in [4.69, 9.17) is 4.74 Å². The number of alkyl carbamates (subject to hydrolysis) is 1. The van der Waals surface area contributed by atoms with Crippen molar-refractivity contribution in [2.45, 2.75) is 124 Å². The zero-order chi connectivity index (χ0) is 32.7. The van der Waals surface area contributed by atoms with Crippen LogP contribution in [-0.4, -0.2) is 52.6 Å². The quantitative estimate of drug-likeness (QED) is 0.163. The van der Waals surface area contributed by atoms with Gasteiger partial charge in [-0.15, -0.1) is 0 Å². The van der Waals surface area contributed by atoms with Crippen LogP contribution in [0.5, 0.6) is 5.75 Å². The molecule has 3 amide bonds. The molecule has 2 aromatic rings. The van der Waals surface area contributed by atoms with Crippen molar-refractivity contribution in [2.24, 2.45) is 0 Å². The van der Waals surface area contributed by atoms with Crippen molar-refractivity contribution in [2.75, 3.05) is 13.1 Å². The molecule has 0 bridgehead atoms. The fourth-order valence-corrected chi connectivity index (χ4v) is 5.06. The second kappa shape index (κ2) is 18.3. The molecule has 2 rings (SSSR count). The molecule has 44 heavy (non-hydrogen) atoms. The maximum atomic E-state index is 14.6. The summed E-state index contributed by atoms with van der Waals surface area (Å²) < 4.78 is 5.54. The largest absolute Gasteiger partial charge is 0.508 e. The van der Waals surface area contributed by atoms with Gasteiger partial charge in [-0.1, -0.05) is 82.7 Å². The lowest BCUT2D eigenvalue weighted by Gasteiger charge is -2.35. The second-order valence-electron chi connectivity index (χ2n) is 12.8. The molecule has 244 valence electrons. The number of hydrogen-bond donors (Lipinski definition) is 3. The van der Waals surface area contributed by atoms with Crippen LogP contribution in [-0.2, 0) is 20.7 Å². The molecule has 2 atom stereocenters. The second-order valence-corrected chi connectivity index (χ2v) is 12.8. The van der Waals surface area contributed by atoms with Gasteiger partial charge >= 0.3 is 6.09 Å². The van der Waals surface area contributed by atoms with E-state index in [1.807, 2.05) is 32.0 Å². The lowest BCUT2D eigenvalue weighted by Crippen LogP contribution is -2.54. The van der Waals surface area contributed by atoms with Crippen molar-refractivity contribution < 1.29 is 24.2 Å². The van der Waals surface area contributed by atoms with Crippen molar-refractivity contribution >= 4 is 17.9 Å². The number of carbonyl (C=O) groups excluding carboxylic acids is 3. The number of rotatable bonds is 17. The summed E-state index contributed by atoms with van der Waals surface area (Å²) in [6, 6.07) is 10.6. The van der Waals surface area contributed by atoms with Gasteiger partial charge in [-0.3, -0.25) is 9.59 Å². The first-order chi connectivity index (χ1) is 20.9. The van der Waals surface area contributed by atoms with Crippen molar-refractivity contribution in [1.29, 1.82) is 0 Å². The monoisotopic (exact) mass is 609 g/mol. The van der Waals surface area contributed by atoms with Crippen molar-refractivity contribution in [3.8, 4) is 5.75 Å². The SMILES string of the molecule is CCCCCCCN(C(=O)C(Cc1ccc(O)cc1)NC(=O)OC(C)(C)C)C(C(=O)NCCCCC)c1ccc(C)c(C)c1. The Bertz CT molecular complexity index is 1190. The van der Waals surface area contributed by atoms with E-state index in [9.17, 15) is 19.5 Å². The van der Waals surface area contributed by atoms with Crippen molar-refractivity contribution in [3.63, 3.8) is 0 Å². The summed E-state index contributed by atoms with van der Waals surface area (Å²) in [6.07, 6.45) is 7.27. The molecule has 0 saturated heterocycles. The first-order valence-corrected chi connectivity index (χ1v) is 16.3. The molecule has 0 saturated carbocycles. The predicted molar refractivity (Wildman–Crippen MR) is 177 cm³/mol. The van der Waals surface area contributed by atoms with E-state index in [2.05, 4.69) is 24.5 Å². The standard InChI is InChI=1S/C36H55N3O5/c1-8-10-12-13-15-23-39(32(33(41)37-22-14-11-9-2)29-19-16-26(3)27(4)24-29)34(42)31(38-35(43)44-36(5,6)7)25-28-17-20-30(40)21-18-28/h16-21,24,31-32,40H,8-15,22-23,25H2,1-7H3,(H,37,41)(H,38,43). The van der Waals surface area contributed by atoms with Crippen LogP contribution in [0.25, 0.3) is 0 Å². The number of benzene rings is 2. The first kappa shape index (κ1) is 36.6. The number of nitrogens with one attached hydrogen (secondary N) is 2.